The molecule has 0 saturated carbocycles. The second-order valence-corrected chi connectivity index (χ2v) is 0.500. The molecule has 0 amide bonds. The van der Waals surface area contributed by atoms with Gasteiger partial charge in [-0.3, -0.25) is 0 Å². The second-order valence-electron chi connectivity index (χ2n) is 0.500. The largest absolute Gasteiger partial charge is 4.00 e. The molecule has 0 atom stereocenters. The molecule has 56 valence electrons. The molecule has 12 heavy (non-hydrogen) atoms. The maximum Gasteiger partial charge on any atom is 4.00 e. The summed E-state index contributed by atoms with van der Waals surface area (Å²) in [5, 5.41) is 33.3. The van der Waals surface area contributed by atoms with E-state index in [1.165, 1.54) is 0 Å². The third kappa shape index (κ3) is 173. The molecule has 0 fully saturated rings. The van der Waals surface area contributed by atoms with E-state index in [1.807, 2.05) is 0 Å². The average molecular weight is 493 g/mol. The van der Waals surface area contributed by atoms with E-state index in [2.05, 4.69) is 0 Å². The van der Waals surface area contributed by atoms with Gasteiger partial charge in [0.2, 0.25) is 0 Å². The van der Waals surface area contributed by atoms with Gasteiger partial charge < -0.3 is 35.5 Å². The molecule has 0 heterocycles. The SMILES string of the molecule is O=C([O-])[O-].O=C([O-])[O-].[Cs+].[Cs+].[O-2].[Zr+4]. The molecule has 0 saturated heterocycles. The Labute approximate surface area is 205 Å². The minimum atomic E-state index is -2.33. The van der Waals surface area contributed by atoms with E-state index in [0.29, 0.717) is 0 Å². The van der Waals surface area contributed by atoms with Crippen molar-refractivity contribution < 1.29 is 199 Å². The second kappa shape index (κ2) is 29.3. The maximum absolute atomic E-state index is 8.33. The number of hydrogen-bond acceptors (Lipinski definition) is 6. The Balaban J connectivity index is -0.0000000112. The van der Waals surface area contributed by atoms with Gasteiger partial charge in [0, 0.05) is 0 Å². The van der Waals surface area contributed by atoms with Gasteiger partial charge in [-0.1, -0.05) is 0 Å². The molecule has 0 bridgehead atoms. The van der Waals surface area contributed by atoms with Crippen LogP contribution in [-0.4, -0.2) is 12.3 Å². The Hall–Kier alpha value is 3.49. The maximum atomic E-state index is 8.33. The predicted octanol–water partition coefficient (Wildman–Crippen LogP) is -11.0. The number of carbonyl (C=O) groups is 2. The summed E-state index contributed by atoms with van der Waals surface area (Å²) in [6.45, 7) is 0. The van der Waals surface area contributed by atoms with Crippen LogP contribution in [0.2, 0.25) is 0 Å². The van der Waals surface area contributed by atoms with Crippen molar-refractivity contribution in [3.8, 4) is 0 Å². The van der Waals surface area contributed by atoms with Crippen LogP contribution in [0.3, 0.4) is 0 Å². The van der Waals surface area contributed by atoms with Gasteiger partial charge in [0.05, 0.1) is 0 Å². The van der Waals surface area contributed by atoms with Crippen LogP contribution in [0.15, 0.2) is 0 Å². The third-order valence-corrected chi connectivity index (χ3v) is 0. The molecule has 0 aromatic heterocycles. The van der Waals surface area contributed by atoms with E-state index in [9.17, 15) is 0 Å². The number of hydrogen-bond donors (Lipinski definition) is 0. The Kier molecular flexibility index (Phi) is 88.1. The first kappa shape index (κ1) is 36.1. The topological polar surface area (TPSA) is 155 Å². The van der Waals surface area contributed by atoms with Gasteiger partial charge in [-0.05, 0) is 12.3 Å². The van der Waals surface area contributed by atoms with E-state index < -0.39 is 12.3 Å². The summed E-state index contributed by atoms with van der Waals surface area (Å²) in [5.41, 5.74) is 0. The summed E-state index contributed by atoms with van der Waals surface area (Å²) in [4.78, 5) is 16.7. The van der Waals surface area contributed by atoms with Crippen LogP contribution < -0.4 is 158 Å². The molecule has 0 aliphatic heterocycles. The van der Waals surface area contributed by atoms with Crippen LogP contribution in [0.25, 0.3) is 0 Å². The first-order chi connectivity index (χ1) is 3.46. The molecular weight excluding hydrogens is 493 g/mol. The van der Waals surface area contributed by atoms with Crippen LogP contribution in [0.5, 0.6) is 0 Å². The van der Waals surface area contributed by atoms with Gasteiger partial charge in [0.15, 0.2) is 0 Å². The summed E-state index contributed by atoms with van der Waals surface area (Å²) >= 11 is 0. The van der Waals surface area contributed by atoms with Gasteiger partial charge in [-0.2, -0.15) is 0 Å². The summed E-state index contributed by atoms with van der Waals surface area (Å²) in [5.74, 6) is 0. The number of carbonyl (C=O) groups excluding carboxylic acids is 2. The normalized spacial score (nSPS) is 4.00. The summed E-state index contributed by atoms with van der Waals surface area (Å²) in [7, 11) is 0. The van der Waals surface area contributed by atoms with Crippen molar-refractivity contribution in [1.29, 1.82) is 0 Å². The van der Waals surface area contributed by atoms with Gasteiger partial charge >= 0.3 is 164 Å². The molecule has 0 aromatic rings. The molecule has 0 N–H and O–H groups in total. The van der Waals surface area contributed by atoms with Gasteiger partial charge in [0.1, 0.15) is 0 Å². The van der Waals surface area contributed by atoms with Crippen molar-refractivity contribution in [2.75, 3.05) is 0 Å². The van der Waals surface area contributed by atoms with Gasteiger partial charge in [-0.25, -0.2) is 0 Å². The van der Waals surface area contributed by atoms with Crippen molar-refractivity contribution in [1.82, 2.24) is 0 Å². The molecule has 0 aliphatic rings. The van der Waals surface area contributed by atoms with Crippen molar-refractivity contribution in [3.63, 3.8) is 0 Å². The first-order valence-corrected chi connectivity index (χ1v) is 1.22. The van der Waals surface area contributed by atoms with Crippen molar-refractivity contribution in [2.45, 2.75) is 0 Å². The fourth-order valence-electron chi connectivity index (χ4n) is 0. The third-order valence-electron chi connectivity index (χ3n) is 0. The zero-order valence-electron chi connectivity index (χ0n) is 6.36. The van der Waals surface area contributed by atoms with Crippen LogP contribution >= 0.6 is 0 Å². The summed E-state index contributed by atoms with van der Waals surface area (Å²) in [6, 6.07) is 0. The Bertz CT molecular complexity index is 77.4. The van der Waals surface area contributed by atoms with E-state index in [4.69, 9.17) is 30.0 Å². The predicted molar refractivity (Wildman–Crippen MR) is 11.5 cm³/mol. The van der Waals surface area contributed by atoms with Gasteiger partial charge in [-0.15, -0.1) is 0 Å². The Morgan fingerprint density at radius 1 is 0.750 bits per heavy atom. The molecule has 0 aromatic carbocycles. The van der Waals surface area contributed by atoms with Crippen LogP contribution in [-0.2, 0) is 31.7 Å². The Morgan fingerprint density at radius 2 is 0.750 bits per heavy atom. The molecule has 0 radical (unpaired) electrons. The zero-order valence-corrected chi connectivity index (χ0v) is 21.4. The van der Waals surface area contributed by atoms with Crippen LogP contribution in [0.1, 0.15) is 0 Å². The Morgan fingerprint density at radius 3 is 0.750 bits per heavy atom. The molecule has 10 heteroatoms. The van der Waals surface area contributed by atoms with Crippen LogP contribution in [0.4, 0.5) is 9.59 Å². The van der Waals surface area contributed by atoms with E-state index in [0.717, 1.165) is 0 Å². The van der Waals surface area contributed by atoms with Crippen molar-refractivity contribution in [2.24, 2.45) is 0 Å². The smallest absolute Gasteiger partial charge is 2.00 e. The molecule has 0 spiro atoms. The van der Waals surface area contributed by atoms with Crippen molar-refractivity contribution in [3.05, 3.63) is 0 Å². The average Bonchev–Trinajstić information content (AvgIpc) is 1.25. The minimum Gasteiger partial charge on any atom is -2.00 e. The van der Waals surface area contributed by atoms with Crippen LogP contribution in [0, 0.1) is 0 Å². The summed E-state index contributed by atoms with van der Waals surface area (Å²) < 4.78 is 0. The van der Waals surface area contributed by atoms with Crippen molar-refractivity contribution >= 4 is 12.3 Å². The molecular formula is C2Cs2O7Zr. The van der Waals surface area contributed by atoms with E-state index in [1.54, 1.807) is 0 Å². The molecule has 0 unspecified atom stereocenters. The van der Waals surface area contributed by atoms with Gasteiger partial charge in [0.25, 0.3) is 0 Å². The minimum absolute atomic E-state index is 0. The number of carboxylic acid groups (broad SMARTS) is 4. The standard InChI is InChI=1S/2CH2O3.2Cs.O.Zr/c2*2-1(3)4;;;;/h2*(H2,2,3,4);;;;/q;;2*+1;-2;+4/p-4. The quantitative estimate of drug-likeness (QED) is 0.327. The summed E-state index contributed by atoms with van der Waals surface area (Å²) in [6.07, 6.45) is -4.67. The molecule has 0 rings (SSSR count). The van der Waals surface area contributed by atoms with E-state index in [-0.39, 0.29) is 169 Å². The first-order valence-electron chi connectivity index (χ1n) is 1.22. The fourth-order valence-corrected chi connectivity index (χ4v) is 0. The zero-order chi connectivity index (χ0) is 7.15. The number of rotatable bonds is 0. The monoisotopic (exact) mass is 492 g/mol. The van der Waals surface area contributed by atoms with E-state index >= 15 is 0 Å². The molecule has 0 aliphatic carbocycles. The molecule has 7 nitrogen and oxygen atoms in total. The fraction of sp³-hybridized carbons (Fsp3) is 0.